The van der Waals surface area contributed by atoms with Gasteiger partial charge in [-0.3, -0.25) is 9.59 Å². The van der Waals surface area contributed by atoms with Crippen LogP contribution in [-0.2, 0) is 38.1 Å². The zero-order chi connectivity index (χ0) is 24.2. The van der Waals surface area contributed by atoms with Gasteiger partial charge in [0.1, 0.15) is 24.6 Å². The molecular formula is C23H28O9. The Morgan fingerprint density at radius 2 is 1.88 bits per heavy atom. The van der Waals surface area contributed by atoms with E-state index in [9.17, 15) is 24.3 Å². The first-order valence-electron chi connectivity index (χ1n) is 10.0. The third-order valence-corrected chi connectivity index (χ3v) is 4.73. The summed E-state index contributed by atoms with van der Waals surface area (Å²) >= 11 is 0. The molecule has 0 bridgehead atoms. The third kappa shape index (κ3) is 6.65. The molecule has 0 saturated carbocycles. The lowest BCUT2D eigenvalue weighted by Crippen LogP contribution is -2.32. The van der Waals surface area contributed by atoms with E-state index >= 15 is 0 Å². The second kappa shape index (κ2) is 9.95. The van der Waals surface area contributed by atoms with E-state index in [2.05, 4.69) is 6.58 Å². The standard InChI is InChI=1S/C23H28O9/c1-12(2)21(26)31-18-8-13(3)7-16(30-15(5)25)9-23(6,28)10-19-20(18)17(22(27)32-19)11-29-14(4)24/h7,10,16,18,28H,1,8-9,11H2,2-6H3/b13-7-,19-10?/t16-,18+,23-/m0/s1. The molecule has 0 unspecified atom stereocenters. The van der Waals surface area contributed by atoms with Crippen LogP contribution < -0.4 is 0 Å². The van der Waals surface area contributed by atoms with Gasteiger partial charge in [0.25, 0.3) is 0 Å². The molecule has 0 spiro atoms. The minimum Gasteiger partial charge on any atom is -0.461 e. The van der Waals surface area contributed by atoms with Crippen molar-refractivity contribution in [3.63, 3.8) is 0 Å². The van der Waals surface area contributed by atoms with Gasteiger partial charge >= 0.3 is 23.9 Å². The third-order valence-electron chi connectivity index (χ3n) is 4.73. The number of fused-ring (bicyclic) bond motifs is 1. The number of ether oxygens (including phenoxy) is 4. The molecular weight excluding hydrogens is 420 g/mol. The number of rotatable bonds is 5. The van der Waals surface area contributed by atoms with Crippen molar-refractivity contribution in [2.24, 2.45) is 0 Å². The van der Waals surface area contributed by atoms with Crippen molar-refractivity contribution < 1.29 is 43.2 Å². The van der Waals surface area contributed by atoms with Gasteiger partial charge in [-0.25, -0.2) is 9.59 Å². The fourth-order valence-electron chi connectivity index (χ4n) is 3.45. The van der Waals surface area contributed by atoms with Crippen LogP contribution in [0.1, 0.15) is 47.5 Å². The van der Waals surface area contributed by atoms with Gasteiger partial charge in [0, 0.05) is 37.8 Å². The van der Waals surface area contributed by atoms with E-state index < -0.39 is 41.7 Å². The van der Waals surface area contributed by atoms with Crippen LogP contribution in [0, 0.1) is 0 Å². The number of carbonyl (C=O) groups is 4. The molecule has 2 rings (SSSR count). The summed E-state index contributed by atoms with van der Waals surface area (Å²) in [6.07, 6.45) is 1.30. The van der Waals surface area contributed by atoms with E-state index in [4.69, 9.17) is 18.9 Å². The highest BCUT2D eigenvalue weighted by Crippen LogP contribution is 2.37. The first-order valence-corrected chi connectivity index (χ1v) is 10.0. The van der Waals surface area contributed by atoms with Crippen LogP contribution in [0.3, 0.4) is 0 Å². The second-order valence-electron chi connectivity index (χ2n) is 8.17. The normalized spacial score (nSPS) is 27.2. The lowest BCUT2D eigenvalue weighted by molar-refractivity contribution is -0.146. The molecule has 1 heterocycles. The van der Waals surface area contributed by atoms with E-state index in [1.807, 2.05) is 0 Å². The molecule has 0 amide bonds. The number of aliphatic hydroxyl groups is 1. The topological polar surface area (TPSA) is 125 Å². The molecule has 0 saturated heterocycles. The van der Waals surface area contributed by atoms with Gasteiger partial charge in [-0.2, -0.15) is 0 Å². The predicted molar refractivity (Wildman–Crippen MR) is 112 cm³/mol. The summed E-state index contributed by atoms with van der Waals surface area (Å²) in [7, 11) is 0. The average Bonchev–Trinajstić information content (AvgIpc) is 2.91. The predicted octanol–water partition coefficient (Wildman–Crippen LogP) is 2.20. The summed E-state index contributed by atoms with van der Waals surface area (Å²) in [5.41, 5.74) is -0.538. The summed E-state index contributed by atoms with van der Waals surface area (Å²) in [5, 5.41) is 10.9. The van der Waals surface area contributed by atoms with E-state index in [1.165, 1.54) is 33.8 Å². The maximum atomic E-state index is 12.6. The summed E-state index contributed by atoms with van der Waals surface area (Å²) in [6, 6.07) is 0. The summed E-state index contributed by atoms with van der Waals surface area (Å²) in [4.78, 5) is 47.8. The molecule has 3 atom stereocenters. The summed E-state index contributed by atoms with van der Waals surface area (Å²) in [6.45, 7) is 10.3. The van der Waals surface area contributed by atoms with E-state index in [0.29, 0.717) is 5.57 Å². The number of carbonyl (C=O) groups excluding carboxylic acids is 4. The number of esters is 4. The van der Waals surface area contributed by atoms with Crippen LogP contribution in [0.15, 0.2) is 46.8 Å². The summed E-state index contributed by atoms with van der Waals surface area (Å²) in [5.74, 6) is -2.62. The van der Waals surface area contributed by atoms with Gasteiger partial charge in [-0.15, -0.1) is 0 Å². The van der Waals surface area contributed by atoms with Crippen molar-refractivity contribution in [1.29, 1.82) is 0 Å². The molecule has 0 aromatic carbocycles. The smallest absolute Gasteiger partial charge is 0.343 e. The Labute approximate surface area is 186 Å². The van der Waals surface area contributed by atoms with Crippen LogP contribution in [-0.4, -0.2) is 53.4 Å². The average molecular weight is 448 g/mol. The SMILES string of the molecule is C=C(C)C(=O)O[C@@H]1C/C(C)=C\[C@H](OC(C)=O)C[C@](C)(O)C=C2OC(=O)C(COC(C)=O)=C21. The quantitative estimate of drug-likeness (QED) is 0.291. The fraction of sp³-hybridized carbons (Fsp3) is 0.478. The summed E-state index contributed by atoms with van der Waals surface area (Å²) < 4.78 is 21.3. The molecule has 2 aliphatic rings. The number of hydrogen-bond donors (Lipinski definition) is 1. The van der Waals surface area contributed by atoms with Crippen LogP contribution in [0.4, 0.5) is 0 Å². The highest BCUT2D eigenvalue weighted by molar-refractivity contribution is 5.96. The Morgan fingerprint density at radius 1 is 1.22 bits per heavy atom. The second-order valence-corrected chi connectivity index (χ2v) is 8.17. The Bertz CT molecular complexity index is 933. The molecule has 9 heteroatoms. The van der Waals surface area contributed by atoms with Crippen molar-refractivity contribution in [2.75, 3.05) is 6.61 Å². The zero-order valence-corrected chi connectivity index (χ0v) is 18.9. The first kappa shape index (κ1) is 25.1. The molecule has 0 aromatic rings. The van der Waals surface area contributed by atoms with Crippen molar-refractivity contribution in [1.82, 2.24) is 0 Å². The van der Waals surface area contributed by atoms with Crippen molar-refractivity contribution >= 4 is 23.9 Å². The maximum absolute atomic E-state index is 12.6. The Hall–Kier alpha value is -3.20. The molecule has 9 nitrogen and oxygen atoms in total. The van der Waals surface area contributed by atoms with Crippen molar-refractivity contribution in [3.8, 4) is 0 Å². The van der Waals surface area contributed by atoms with Crippen LogP contribution in [0.5, 0.6) is 0 Å². The van der Waals surface area contributed by atoms with Gasteiger partial charge in [-0.05, 0) is 32.9 Å². The minimum absolute atomic E-state index is 0.00618. The van der Waals surface area contributed by atoms with E-state index in [1.54, 1.807) is 13.0 Å². The lowest BCUT2D eigenvalue weighted by Gasteiger charge is -2.28. The van der Waals surface area contributed by atoms with Crippen LogP contribution in [0.25, 0.3) is 0 Å². The van der Waals surface area contributed by atoms with E-state index in [-0.39, 0.29) is 41.9 Å². The molecule has 0 fully saturated rings. The van der Waals surface area contributed by atoms with Gasteiger partial charge in [0.15, 0.2) is 0 Å². The van der Waals surface area contributed by atoms with Gasteiger partial charge in [-0.1, -0.05) is 12.2 Å². The largest absolute Gasteiger partial charge is 0.461 e. The molecule has 1 aliphatic carbocycles. The van der Waals surface area contributed by atoms with Crippen molar-refractivity contribution in [3.05, 3.63) is 46.8 Å². The highest BCUT2D eigenvalue weighted by Gasteiger charge is 2.40. The molecule has 1 aliphatic heterocycles. The lowest BCUT2D eigenvalue weighted by atomic mass is 9.89. The van der Waals surface area contributed by atoms with Gasteiger partial charge in [0.2, 0.25) is 0 Å². The molecule has 0 radical (unpaired) electrons. The van der Waals surface area contributed by atoms with Crippen LogP contribution >= 0.6 is 0 Å². The Balaban J connectivity index is 2.64. The zero-order valence-electron chi connectivity index (χ0n) is 18.9. The molecule has 174 valence electrons. The Kier molecular flexibility index (Phi) is 7.79. The molecule has 0 aromatic heterocycles. The van der Waals surface area contributed by atoms with Gasteiger partial charge in [0.05, 0.1) is 11.2 Å². The Morgan fingerprint density at radius 3 is 2.44 bits per heavy atom. The minimum atomic E-state index is -1.56. The van der Waals surface area contributed by atoms with Gasteiger partial charge < -0.3 is 24.1 Å². The van der Waals surface area contributed by atoms with Crippen molar-refractivity contribution in [2.45, 2.75) is 65.3 Å². The monoisotopic (exact) mass is 448 g/mol. The first-order chi connectivity index (χ1) is 14.8. The molecule has 1 N–H and O–H groups in total. The number of hydrogen-bond acceptors (Lipinski definition) is 9. The molecule has 32 heavy (non-hydrogen) atoms. The highest BCUT2D eigenvalue weighted by atomic mass is 16.6. The maximum Gasteiger partial charge on any atom is 0.343 e. The van der Waals surface area contributed by atoms with Crippen LogP contribution in [0.2, 0.25) is 0 Å². The fourth-order valence-corrected chi connectivity index (χ4v) is 3.45. The van der Waals surface area contributed by atoms with E-state index in [0.717, 1.165) is 0 Å².